The lowest BCUT2D eigenvalue weighted by Crippen LogP contribution is -2.43. The second kappa shape index (κ2) is 10.6. The lowest BCUT2D eigenvalue weighted by molar-refractivity contribution is -0.00689. The maximum atomic E-state index is 5.79. The molecule has 1 heterocycles. The van der Waals surface area contributed by atoms with Gasteiger partial charge < -0.3 is 14.8 Å². The van der Waals surface area contributed by atoms with E-state index in [1.807, 2.05) is 6.92 Å². The van der Waals surface area contributed by atoms with Gasteiger partial charge in [0.2, 0.25) is 0 Å². The van der Waals surface area contributed by atoms with Crippen molar-refractivity contribution in [2.24, 2.45) is 0 Å². The summed E-state index contributed by atoms with van der Waals surface area (Å²) in [6.07, 6.45) is 5.31. The molecule has 0 aromatic carbocycles. The Balaban J connectivity index is 2.02. The zero-order valence-corrected chi connectivity index (χ0v) is 13.0. The smallest absolute Gasteiger partial charge is 0.0702 e. The van der Waals surface area contributed by atoms with Crippen LogP contribution in [0.3, 0.4) is 0 Å². The van der Waals surface area contributed by atoms with Crippen LogP contribution in [0.1, 0.15) is 39.5 Å². The van der Waals surface area contributed by atoms with Crippen molar-refractivity contribution in [3.8, 4) is 0 Å². The quantitative estimate of drug-likeness (QED) is 0.616. The van der Waals surface area contributed by atoms with Crippen LogP contribution in [-0.2, 0) is 9.47 Å². The molecule has 1 aliphatic rings. The van der Waals surface area contributed by atoms with E-state index in [1.165, 1.54) is 19.3 Å². The molecule has 1 fully saturated rings. The van der Waals surface area contributed by atoms with Crippen LogP contribution in [-0.4, -0.2) is 63.5 Å². The molecule has 0 amide bonds. The van der Waals surface area contributed by atoms with Crippen molar-refractivity contribution < 1.29 is 9.47 Å². The van der Waals surface area contributed by atoms with Gasteiger partial charge in [0.15, 0.2) is 0 Å². The molecule has 4 heteroatoms. The lowest BCUT2D eigenvalue weighted by atomic mass is 10.1. The number of nitrogens with one attached hydrogen (secondary N) is 1. The minimum atomic E-state index is 0.444. The second-order valence-corrected chi connectivity index (χ2v) is 5.53. The molecule has 1 aliphatic heterocycles. The Morgan fingerprint density at radius 2 is 2.26 bits per heavy atom. The minimum absolute atomic E-state index is 0.444. The molecule has 0 radical (unpaired) electrons. The van der Waals surface area contributed by atoms with Gasteiger partial charge in [-0.3, -0.25) is 4.90 Å². The third-order valence-electron chi connectivity index (χ3n) is 3.80. The summed E-state index contributed by atoms with van der Waals surface area (Å²) >= 11 is 0. The first-order chi connectivity index (χ1) is 9.24. The Labute approximate surface area is 118 Å². The fraction of sp³-hybridized carbons (Fsp3) is 1.00. The van der Waals surface area contributed by atoms with Gasteiger partial charge in [0, 0.05) is 39.0 Å². The number of rotatable bonds is 10. The third-order valence-corrected chi connectivity index (χ3v) is 3.80. The van der Waals surface area contributed by atoms with Gasteiger partial charge in [-0.05, 0) is 53.1 Å². The summed E-state index contributed by atoms with van der Waals surface area (Å²) < 4.78 is 11.1. The summed E-state index contributed by atoms with van der Waals surface area (Å²) in [5, 5.41) is 3.50. The topological polar surface area (TPSA) is 33.7 Å². The highest BCUT2D eigenvalue weighted by atomic mass is 16.5. The number of likely N-dealkylation sites (N-methyl/N-ethyl adjacent to an activating group) is 1. The number of nitrogens with zero attached hydrogens (tertiary/aromatic N) is 1. The van der Waals surface area contributed by atoms with Gasteiger partial charge in [-0.2, -0.15) is 0 Å². The van der Waals surface area contributed by atoms with Crippen molar-refractivity contribution in [2.45, 2.75) is 51.7 Å². The molecule has 1 rings (SSSR count). The summed E-state index contributed by atoms with van der Waals surface area (Å²) in [6, 6.07) is 0.553. The molecule has 1 N–H and O–H groups in total. The molecule has 114 valence electrons. The normalized spacial score (nSPS) is 21.8. The van der Waals surface area contributed by atoms with Crippen molar-refractivity contribution in [3.63, 3.8) is 0 Å². The molecule has 4 nitrogen and oxygen atoms in total. The molecular formula is C15H32N2O2. The Morgan fingerprint density at radius 3 is 2.95 bits per heavy atom. The van der Waals surface area contributed by atoms with Crippen LogP contribution in [0.15, 0.2) is 0 Å². The maximum absolute atomic E-state index is 5.79. The predicted molar refractivity (Wildman–Crippen MR) is 79.7 cm³/mol. The van der Waals surface area contributed by atoms with Crippen molar-refractivity contribution in [2.75, 3.05) is 46.5 Å². The molecule has 0 saturated carbocycles. The van der Waals surface area contributed by atoms with E-state index in [9.17, 15) is 0 Å². The zero-order valence-electron chi connectivity index (χ0n) is 13.0. The highest BCUT2D eigenvalue weighted by Gasteiger charge is 2.18. The van der Waals surface area contributed by atoms with E-state index in [-0.39, 0.29) is 0 Å². The van der Waals surface area contributed by atoms with Crippen molar-refractivity contribution in [3.05, 3.63) is 0 Å². The summed E-state index contributed by atoms with van der Waals surface area (Å²) in [4.78, 5) is 2.41. The molecule has 2 atom stereocenters. The van der Waals surface area contributed by atoms with Gasteiger partial charge in [0.1, 0.15) is 0 Å². The molecule has 0 spiro atoms. The minimum Gasteiger partial charge on any atom is -0.382 e. The predicted octanol–water partition coefficient (Wildman–Crippen LogP) is 1.89. The van der Waals surface area contributed by atoms with Gasteiger partial charge in [0.25, 0.3) is 0 Å². The summed E-state index contributed by atoms with van der Waals surface area (Å²) in [7, 11) is 2.20. The van der Waals surface area contributed by atoms with Gasteiger partial charge in [-0.25, -0.2) is 0 Å². The summed E-state index contributed by atoms with van der Waals surface area (Å²) in [5.41, 5.74) is 0. The van der Waals surface area contributed by atoms with E-state index in [0.717, 1.165) is 45.9 Å². The van der Waals surface area contributed by atoms with Crippen LogP contribution in [0.4, 0.5) is 0 Å². The molecule has 0 aliphatic carbocycles. The maximum Gasteiger partial charge on any atom is 0.0702 e. The first-order valence-corrected chi connectivity index (χ1v) is 7.84. The van der Waals surface area contributed by atoms with Crippen LogP contribution in [0.5, 0.6) is 0 Å². The number of ether oxygens (including phenoxy) is 2. The SMILES string of the molecule is CCOCCCNCC(C)N(C)CC1CCCCO1. The second-order valence-electron chi connectivity index (χ2n) is 5.53. The van der Waals surface area contributed by atoms with E-state index < -0.39 is 0 Å². The zero-order chi connectivity index (χ0) is 13.9. The fourth-order valence-electron chi connectivity index (χ4n) is 2.36. The van der Waals surface area contributed by atoms with Crippen molar-refractivity contribution >= 4 is 0 Å². The first kappa shape index (κ1) is 16.9. The Morgan fingerprint density at radius 1 is 1.42 bits per heavy atom. The van der Waals surface area contributed by atoms with Crippen LogP contribution in [0.2, 0.25) is 0 Å². The average Bonchev–Trinajstić information content (AvgIpc) is 2.43. The standard InChI is InChI=1S/C15H32N2O2/c1-4-18-10-7-9-16-12-14(2)17(3)13-15-8-5-6-11-19-15/h14-16H,4-13H2,1-3H3. The molecule has 19 heavy (non-hydrogen) atoms. The molecule has 2 unspecified atom stereocenters. The van der Waals surface area contributed by atoms with Gasteiger partial charge >= 0.3 is 0 Å². The lowest BCUT2D eigenvalue weighted by Gasteiger charge is -2.31. The van der Waals surface area contributed by atoms with Gasteiger partial charge in [0.05, 0.1) is 6.10 Å². The van der Waals surface area contributed by atoms with E-state index >= 15 is 0 Å². The largest absolute Gasteiger partial charge is 0.382 e. The van der Waals surface area contributed by atoms with E-state index in [4.69, 9.17) is 9.47 Å². The van der Waals surface area contributed by atoms with Crippen LogP contribution < -0.4 is 5.32 Å². The van der Waals surface area contributed by atoms with Gasteiger partial charge in [-0.1, -0.05) is 0 Å². The molecular weight excluding hydrogens is 240 g/mol. The van der Waals surface area contributed by atoms with Crippen molar-refractivity contribution in [1.82, 2.24) is 10.2 Å². The fourth-order valence-corrected chi connectivity index (χ4v) is 2.36. The van der Waals surface area contributed by atoms with Crippen LogP contribution in [0, 0.1) is 0 Å². The third kappa shape index (κ3) is 7.88. The average molecular weight is 272 g/mol. The molecule has 1 saturated heterocycles. The highest BCUT2D eigenvalue weighted by Crippen LogP contribution is 2.14. The summed E-state index contributed by atoms with van der Waals surface area (Å²) in [6.45, 7) is 10.1. The van der Waals surface area contributed by atoms with Crippen LogP contribution in [0.25, 0.3) is 0 Å². The first-order valence-electron chi connectivity index (χ1n) is 7.84. The number of hydrogen-bond donors (Lipinski definition) is 1. The highest BCUT2D eigenvalue weighted by molar-refractivity contribution is 4.72. The van der Waals surface area contributed by atoms with Crippen molar-refractivity contribution in [1.29, 1.82) is 0 Å². The Kier molecular flexibility index (Phi) is 9.43. The van der Waals surface area contributed by atoms with E-state index in [0.29, 0.717) is 12.1 Å². The molecule has 0 aromatic heterocycles. The van der Waals surface area contributed by atoms with Crippen LogP contribution >= 0.6 is 0 Å². The Bertz CT molecular complexity index is 208. The molecule has 0 bridgehead atoms. The molecule has 0 aromatic rings. The van der Waals surface area contributed by atoms with E-state index in [2.05, 4.69) is 24.2 Å². The Hall–Kier alpha value is -0.160. The van der Waals surface area contributed by atoms with Gasteiger partial charge in [-0.15, -0.1) is 0 Å². The van der Waals surface area contributed by atoms with E-state index in [1.54, 1.807) is 0 Å². The monoisotopic (exact) mass is 272 g/mol. The number of hydrogen-bond acceptors (Lipinski definition) is 4. The summed E-state index contributed by atoms with van der Waals surface area (Å²) in [5.74, 6) is 0.